The monoisotopic (exact) mass is 257 g/mol. The van der Waals surface area contributed by atoms with Crippen LogP contribution < -0.4 is 0 Å². The van der Waals surface area contributed by atoms with Gasteiger partial charge < -0.3 is 0 Å². The summed E-state index contributed by atoms with van der Waals surface area (Å²) in [5.41, 5.74) is 3.02. The van der Waals surface area contributed by atoms with E-state index in [0.717, 1.165) is 22.2 Å². The fourth-order valence-electron chi connectivity index (χ4n) is 1.97. The summed E-state index contributed by atoms with van der Waals surface area (Å²) in [4.78, 5) is 4.41. The van der Waals surface area contributed by atoms with E-state index in [9.17, 15) is 0 Å². The second kappa shape index (κ2) is 4.42. The third-order valence-electron chi connectivity index (χ3n) is 3.00. The fourth-order valence-corrected chi connectivity index (χ4v) is 2.18. The molecular weight excluding hydrogens is 246 g/mol. The van der Waals surface area contributed by atoms with Crippen molar-refractivity contribution < 1.29 is 0 Å². The Balaban J connectivity index is 2.06. The molecule has 0 saturated carbocycles. The average molecular weight is 258 g/mol. The van der Waals surface area contributed by atoms with Crippen LogP contribution in [0.25, 0.3) is 10.9 Å². The molecular formula is C14H12ClN3. The highest BCUT2D eigenvalue weighted by atomic mass is 35.5. The summed E-state index contributed by atoms with van der Waals surface area (Å²) in [7, 11) is 0. The summed E-state index contributed by atoms with van der Waals surface area (Å²) in [6.07, 6.45) is 1.79. The van der Waals surface area contributed by atoms with Gasteiger partial charge in [0.25, 0.3) is 0 Å². The van der Waals surface area contributed by atoms with Crippen molar-refractivity contribution in [3.05, 3.63) is 59.0 Å². The van der Waals surface area contributed by atoms with E-state index in [-0.39, 0.29) is 0 Å². The first-order valence-corrected chi connectivity index (χ1v) is 6.14. The maximum absolute atomic E-state index is 6.22. The highest BCUT2D eigenvalue weighted by Gasteiger charge is 2.07. The molecule has 3 rings (SSSR count). The molecule has 0 unspecified atom stereocenters. The fraction of sp³-hybridized carbons (Fsp3) is 0.143. The Labute approximate surface area is 110 Å². The van der Waals surface area contributed by atoms with Crippen LogP contribution in [0.4, 0.5) is 0 Å². The lowest BCUT2D eigenvalue weighted by atomic mass is 10.1. The summed E-state index contributed by atoms with van der Waals surface area (Å²) in [6.45, 7) is 2.67. The molecule has 0 atom stereocenters. The van der Waals surface area contributed by atoms with E-state index in [1.165, 1.54) is 0 Å². The van der Waals surface area contributed by atoms with E-state index in [2.05, 4.69) is 16.1 Å². The highest BCUT2D eigenvalue weighted by molar-refractivity contribution is 6.30. The predicted octanol–water partition coefficient (Wildman–Crippen LogP) is 3.44. The van der Waals surface area contributed by atoms with Gasteiger partial charge in [0.2, 0.25) is 0 Å². The van der Waals surface area contributed by atoms with Crippen LogP contribution in [0.2, 0.25) is 5.15 Å². The number of rotatable bonds is 2. The Hall–Kier alpha value is -1.87. The second-order valence-corrected chi connectivity index (χ2v) is 4.62. The van der Waals surface area contributed by atoms with Crippen LogP contribution in [0.3, 0.4) is 0 Å². The van der Waals surface area contributed by atoms with Crippen molar-refractivity contribution in [3.8, 4) is 0 Å². The first kappa shape index (κ1) is 11.2. The van der Waals surface area contributed by atoms with Crippen molar-refractivity contribution in [2.24, 2.45) is 0 Å². The average Bonchev–Trinajstić information content (AvgIpc) is 2.76. The number of aryl methyl sites for hydroxylation is 1. The van der Waals surface area contributed by atoms with Crippen LogP contribution in [0.15, 0.2) is 42.6 Å². The molecule has 3 aromatic rings. The van der Waals surface area contributed by atoms with Gasteiger partial charge >= 0.3 is 0 Å². The highest BCUT2D eigenvalue weighted by Crippen LogP contribution is 2.21. The number of hydrogen-bond donors (Lipinski definition) is 0. The van der Waals surface area contributed by atoms with Gasteiger partial charge in [0, 0.05) is 22.8 Å². The first-order valence-electron chi connectivity index (χ1n) is 5.76. The van der Waals surface area contributed by atoms with Crippen LogP contribution >= 0.6 is 11.6 Å². The molecule has 4 heteroatoms. The van der Waals surface area contributed by atoms with Crippen molar-refractivity contribution >= 4 is 22.5 Å². The van der Waals surface area contributed by atoms with Gasteiger partial charge in [-0.15, -0.1) is 0 Å². The topological polar surface area (TPSA) is 30.7 Å². The molecule has 0 bridgehead atoms. The molecule has 0 amide bonds. The maximum Gasteiger partial charge on any atom is 0.134 e. The third kappa shape index (κ3) is 1.97. The zero-order chi connectivity index (χ0) is 12.5. The molecule has 3 nitrogen and oxygen atoms in total. The van der Waals surface area contributed by atoms with E-state index in [1.807, 2.05) is 41.9 Å². The molecule has 0 fully saturated rings. The Morgan fingerprint density at radius 1 is 1.22 bits per heavy atom. The van der Waals surface area contributed by atoms with Crippen LogP contribution in [0.1, 0.15) is 11.3 Å². The molecule has 0 radical (unpaired) electrons. The van der Waals surface area contributed by atoms with Gasteiger partial charge in [0.1, 0.15) is 5.15 Å². The Morgan fingerprint density at radius 3 is 2.83 bits per heavy atom. The van der Waals surface area contributed by atoms with Gasteiger partial charge in [0.05, 0.1) is 12.1 Å². The van der Waals surface area contributed by atoms with Crippen LogP contribution in [0, 0.1) is 6.92 Å². The van der Waals surface area contributed by atoms with Gasteiger partial charge in [-0.05, 0) is 25.1 Å². The van der Waals surface area contributed by atoms with Crippen LogP contribution in [0.5, 0.6) is 0 Å². The molecule has 90 valence electrons. The van der Waals surface area contributed by atoms with Gasteiger partial charge in [0.15, 0.2) is 0 Å². The number of halogens is 1. The number of aromatic nitrogens is 3. The molecule has 18 heavy (non-hydrogen) atoms. The van der Waals surface area contributed by atoms with E-state index in [1.54, 1.807) is 6.20 Å². The SMILES string of the molecule is Cc1ccnn1Cc1cc2ccccc2nc1Cl. The molecule has 1 aromatic carbocycles. The lowest BCUT2D eigenvalue weighted by molar-refractivity contribution is 0.664. The lowest BCUT2D eigenvalue weighted by Gasteiger charge is -2.07. The van der Waals surface area contributed by atoms with E-state index in [0.29, 0.717) is 11.7 Å². The number of para-hydroxylation sites is 1. The Morgan fingerprint density at radius 2 is 2.06 bits per heavy atom. The smallest absolute Gasteiger partial charge is 0.134 e. The number of hydrogen-bond acceptors (Lipinski definition) is 2. The molecule has 2 heterocycles. The molecule has 0 aliphatic heterocycles. The quantitative estimate of drug-likeness (QED) is 0.659. The molecule has 0 N–H and O–H groups in total. The summed E-state index contributed by atoms with van der Waals surface area (Å²) in [6, 6.07) is 12.0. The predicted molar refractivity (Wildman–Crippen MR) is 72.8 cm³/mol. The number of benzene rings is 1. The zero-order valence-electron chi connectivity index (χ0n) is 9.97. The van der Waals surface area contributed by atoms with Gasteiger partial charge in [-0.1, -0.05) is 29.8 Å². The second-order valence-electron chi connectivity index (χ2n) is 4.26. The summed E-state index contributed by atoms with van der Waals surface area (Å²) in [5, 5.41) is 5.91. The minimum absolute atomic E-state index is 0.545. The van der Waals surface area contributed by atoms with Crippen molar-refractivity contribution in [2.75, 3.05) is 0 Å². The van der Waals surface area contributed by atoms with Gasteiger partial charge in [-0.2, -0.15) is 5.10 Å². The molecule has 2 aromatic heterocycles. The van der Waals surface area contributed by atoms with Gasteiger partial charge in [-0.25, -0.2) is 4.98 Å². The van der Waals surface area contributed by atoms with Crippen molar-refractivity contribution in [3.63, 3.8) is 0 Å². The third-order valence-corrected chi connectivity index (χ3v) is 3.33. The van der Waals surface area contributed by atoms with Crippen LogP contribution in [-0.4, -0.2) is 14.8 Å². The molecule has 0 spiro atoms. The standard InChI is InChI=1S/C14H12ClN3/c1-10-6-7-16-18(10)9-12-8-11-4-2-3-5-13(11)17-14(12)15/h2-8H,9H2,1H3. The summed E-state index contributed by atoms with van der Waals surface area (Å²) < 4.78 is 1.91. The number of pyridine rings is 1. The largest absolute Gasteiger partial charge is 0.265 e. The van der Waals surface area contributed by atoms with Crippen molar-refractivity contribution in [1.82, 2.24) is 14.8 Å². The Kier molecular flexibility index (Phi) is 2.76. The number of fused-ring (bicyclic) bond motifs is 1. The Bertz CT molecular complexity index is 703. The summed E-state index contributed by atoms with van der Waals surface area (Å²) in [5.74, 6) is 0. The minimum atomic E-state index is 0.545. The first-order chi connectivity index (χ1) is 8.74. The van der Waals surface area contributed by atoms with Crippen LogP contribution in [-0.2, 0) is 6.54 Å². The molecule has 0 saturated heterocycles. The van der Waals surface area contributed by atoms with Crippen molar-refractivity contribution in [2.45, 2.75) is 13.5 Å². The van der Waals surface area contributed by atoms with E-state index in [4.69, 9.17) is 11.6 Å². The zero-order valence-corrected chi connectivity index (χ0v) is 10.7. The minimum Gasteiger partial charge on any atom is -0.265 e. The van der Waals surface area contributed by atoms with E-state index < -0.39 is 0 Å². The molecule has 0 aliphatic carbocycles. The van der Waals surface area contributed by atoms with E-state index >= 15 is 0 Å². The molecule has 0 aliphatic rings. The maximum atomic E-state index is 6.22. The number of nitrogens with zero attached hydrogens (tertiary/aromatic N) is 3. The normalized spacial score (nSPS) is 11.0. The lowest BCUT2D eigenvalue weighted by Crippen LogP contribution is -2.04. The summed E-state index contributed by atoms with van der Waals surface area (Å²) >= 11 is 6.22. The van der Waals surface area contributed by atoms with Gasteiger partial charge in [-0.3, -0.25) is 4.68 Å². The van der Waals surface area contributed by atoms with Crippen molar-refractivity contribution in [1.29, 1.82) is 0 Å².